The van der Waals surface area contributed by atoms with Crippen molar-refractivity contribution in [3.63, 3.8) is 0 Å². The molecule has 0 radical (unpaired) electrons. The van der Waals surface area contributed by atoms with E-state index in [0.29, 0.717) is 19.3 Å². The molecule has 10 heteroatoms. The van der Waals surface area contributed by atoms with E-state index in [1.54, 1.807) is 0 Å². The Kier molecular flexibility index (Phi) is 7.74. The molecule has 0 atom stereocenters. The molecule has 0 saturated carbocycles. The molecule has 4 aliphatic heterocycles. The van der Waals surface area contributed by atoms with Crippen LogP contribution >= 0.6 is 0 Å². The van der Waals surface area contributed by atoms with E-state index in [-0.39, 0.29) is 25.4 Å². The molecular formula is C29H36N4O6. The molecule has 39 heavy (non-hydrogen) atoms. The fraction of sp³-hybridized carbons (Fsp3) is 0.517. The lowest BCUT2D eigenvalue weighted by Gasteiger charge is -2.35. The highest BCUT2D eigenvalue weighted by Crippen LogP contribution is 2.34. The fourth-order valence-electron chi connectivity index (χ4n) is 5.61. The van der Waals surface area contributed by atoms with Crippen molar-refractivity contribution in [2.24, 2.45) is 0 Å². The maximum absolute atomic E-state index is 12.8. The molecule has 2 aromatic rings. The number of nitrogens with zero attached hydrogens (tertiary/aromatic N) is 4. The van der Waals surface area contributed by atoms with Crippen LogP contribution in [0.1, 0.15) is 30.4 Å². The van der Waals surface area contributed by atoms with E-state index in [0.717, 1.165) is 88.4 Å². The van der Waals surface area contributed by atoms with E-state index in [1.807, 2.05) is 34.1 Å². The normalized spacial score (nSPS) is 19.0. The summed E-state index contributed by atoms with van der Waals surface area (Å²) in [6.07, 6.45) is 1.46. The summed E-state index contributed by atoms with van der Waals surface area (Å²) >= 11 is 0. The van der Waals surface area contributed by atoms with Crippen molar-refractivity contribution in [3.05, 3.63) is 47.5 Å². The summed E-state index contributed by atoms with van der Waals surface area (Å²) in [4.78, 5) is 34.1. The molecule has 0 spiro atoms. The van der Waals surface area contributed by atoms with Crippen molar-refractivity contribution in [2.45, 2.75) is 32.4 Å². The van der Waals surface area contributed by atoms with Gasteiger partial charge < -0.3 is 28.7 Å². The van der Waals surface area contributed by atoms with Crippen molar-refractivity contribution < 1.29 is 28.5 Å². The zero-order chi connectivity index (χ0) is 26.6. The maximum Gasteiger partial charge on any atom is 0.231 e. The van der Waals surface area contributed by atoms with E-state index in [4.69, 9.17) is 18.9 Å². The lowest BCUT2D eigenvalue weighted by Crippen LogP contribution is -2.48. The number of carbonyl (C=O) groups is 2. The third-order valence-corrected chi connectivity index (χ3v) is 7.92. The van der Waals surface area contributed by atoms with Gasteiger partial charge in [-0.1, -0.05) is 12.1 Å². The zero-order valence-corrected chi connectivity index (χ0v) is 22.3. The summed E-state index contributed by atoms with van der Waals surface area (Å²) in [5.41, 5.74) is 2.37. The topological polar surface area (TPSA) is 84.0 Å². The monoisotopic (exact) mass is 536 g/mol. The van der Waals surface area contributed by atoms with E-state index in [2.05, 4.69) is 21.9 Å². The van der Waals surface area contributed by atoms with Crippen LogP contribution in [0.4, 0.5) is 0 Å². The first-order chi connectivity index (χ1) is 19.1. The number of ether oxygens (including phenoxy) is 4. The molecule has 2 aromatic carbocycles. The third-order valence-electron chi connectivity index (χ3n) is 7.92. The van der Waals surface area contributed by atoms with E-state index in [1.165, 1.54) is 11.1 Å². The highest BCUT2D eigenvalue weighted by atomic mass is 16.7. The van der Waals surface area contributed by atoms with Gasteiger partial charge in [-0.2, -0.15) is 0 Å². The largest absolute Gasteiger partial charge is 0.454 e. The van der Waals surface area contributed by atoms with Crippen LogP contribution in [0, 0.1) is 0 Å². The van der Waals surface area contributed by atoms with Crippen LogP contribution in [-0.2, 0) is 22.7 Å². The molecular weight excluding hydrogens is 500 g/mol. The Labute approximate surface area is 228 Å². The first-order valence-electron chi connectivity index (χ1n) is 13.9. The molecule has 0 unspecified atom stereocenters. The van der Waals surface area contributed by atoms with Crippen LogP contribution in [0.15, 0.2) is 36.4 Å². The fourth-order valence-corrected chi connectivity index (χ4v) is 5.61. The number of carbonyl (C=O) groups excluding carboxylic acids is 2. The van der Waals surface area contributed by atoms with Crippen LogP contribution in [0.3, 0.4) is 0 Å². The quantitative estimate of drug-likeness (QED) is 0.508. The first-order valence-corrected chi connectivity index (χ1v) is 13.9. The summed E-state index contributed by atoms with van der Waals surface area (Å²) in [5, 5.41) is 0. The highest BCUT2D eigenvalue weighted by Gasteiger charge is 2.24. The van der Waals surface area contributed by atoms with Crippen molar-refractivity contribution in [1.29, 1.82) is 0 Å². The first kappa shape index (κ1) is 25.8. The SMILES string of the molecule is O=C(CCCC(=O)N1CCN(Cc2ccc3c(c2)OCO3)CC1)N1CCN(Cc2ccc3c(c2)OCO3)CC1. The molecule has 10 nitrogen and oxygen atoms in total. The molecule has 0 bridgehead atoms. The van der Waals surface area contributed by atoms with Gasteiger partial charge in [0, 0.05) is 78.3 Å². The Hall–Kier alpha value is -3.50. The minimum atomic E-state index is 0.152. The molecule has 0 aromatic heterocycles. The highest BCUT2D eigenvalue weighted by molar-refractivity contribution is 5.79. The number of piperazine rings is 2. The lowest BCUT2D eigenvalue weighted by atomic mass is 10.1. The second kappa shape index (κ2) is 11.7. The summed E-state index contributed by atoms with van der Waals surface area (Å²) in [5.74, 6) is 3.51. The Morgan fingerprint density at radius 2 is 0.974 bits per heavy atom. The number of hydrogen-bond donors (Lipinski definition) is 0. The minimum absolute atomic E-state index is 0.152. The second-order valence-electron chi connectivity index (χ2n) is 10.5. The Bertz CT molecular complexity index is 1100. The zero-order valence-electron chi connectivity index (χ0n) is 22.3. The van der Waals surface area contributed by atoms with Gasteiger partial charge in [0.15, 0.2) is 23.0 Å². The summed E-state index contributed by atoms with van der Waals surface area (Å²) in [7, 11) is 0. The predicted octanol–water partition coefficient (Wildman–Crippen LogP) is 2.30. The van der Waals surface area contributed by atoms with Crippen molar-refractivity contribution in [2.75, 3.05) is 65.9 Å². The van der Waals surface area contributed by atoms with E-state index in [9.17, 15) is 9.59 Å². The van der Waals surface area contributed by atoms with E-state index < -0.39 is 0 Å². The Morgan fingerprint density at radius 3 is 1.41 bits per heavy atom. The van der Waals surface area contributed by atoms with Crippen molar-refractivity contribution >= 4 is 11.8 Å². The molecule has 2 fully saturated rings. The van der Waals surface area contributed by atoms with Gasteiger partial charge >= 0.3 is 0 Å². The number of benzene rings is 2. The van der Waals surface area contributed by atoms with Crippen LogP contribution in [-0.4, -0.2) is 97.4 Å². The number of amides is 2. The van der Waals surface area contributed by atoms with Crippen LogP contribution in [0.25, 0.3) is 0 Å². The Morgan fingerprint density at radius 1 is 0.564 bits per heavy atom. The summed E-state index contributed by atoms with van der Waals surface area (Å²) in [6, 6.07) is 12.1. The maximum atomic E-state index is 12.8. The lowest BCUT2D eigenvalue weighted by molar-refractivity contribution is -0.134. The van der Waals surface area contributed by atoms with Crippen LogP contribution < -0.4 is 18.9 Å². The second-order valence-corrected chi connectivity index (χ2v) is 10.5. The van der Waals surface area contributed by atoms with Crippen molar-refractivity contribution in [3.8, 4) is 23.0 Å². The van der Waals surface area contributed by atoms with E-state index >= 15 is 0 Å². The predicted molar refractivity (Wildman–Crippen MR) is 143 cm³/mol. The van der Waals surface area contributed by atoms with Gasteiger partial charge in [0.05, 0.1) is 0 Å². The van der Waals surface area contributed by atoms with Gasteiger partial charge in [-0.25, -0.2) is 0 Å². The summed E-state index contributed by atoms with van der Waals surface area (Å²) < 4.78 is 21.7. The van der Waals surface area contributed by atoms with Gasteiger partial charge in [-0.05, 0) is 41.8 Å². The molecule has 6 rings (SSSR count). The van der Waals surface area contributed by atoms with Crippen LogP contribution in [0.5, 0.6) is 23.0 Å². The van der Waals surface area contributed by atoms with Gasteiger partial charge in [0.25, 0.3) is 0 Å². The molecule has 0 aliphatic carbocycles. The molecule has 4 aliphatic rings. The van der Waals surface area contributed by atoms with Gasteiger partial charge in [-0.15, -0.1) is 0 Å². The molecule has 208 valence electrons. The average Bonchev–Trinajstić information content (AvgIpc) is 3.63. The molecule has 4 heterocycles. The van der Waals surface area contributed by atoms with Gasteiger partial charge in [-0.3, -0.25) is 19.4 Å². The molecule has 0 N–H and O–H groups in total. The number of hydrogen-bond acceptors (Lipinski definition) is 8. The van der Waals surface area contributed by atoms with Crippen LogP contribution in [0.2, 0.25) is 0 Å². The summed E-state index contributed by atoms with van der Waals surface area (Å²) in [6.45, 7) is 8.50. The van der Waals surface area contributed by atoms with Crippen molar-refractivity contribution in [1.82, 2.24) is 19.6 Å². The average molecular weight is 537 g/mol. The smallest absolute Gasteiger partial charge is 0.231 e. The van der Waals surface area contributed by atoms with Gasteiger partial charge in [0.2, 0.25) is 25.4 Å². The molecule has 2 amide bonds. The number of fused-ring (bicyclic) bond motifs is 2. The molecule has 2 saturated heterocycles. The standard InChI is InChI=1S/C29H36N4O6/c34-28(32-12-8-30(9-13-32)18-22-4-6-24-26(16-22)38-20-36-24)2-1-3-29(35)33-14-10-31(11-15-33)19-23-5-7-25-27(17-23)39-21-37-25/h4-7,16-17H,1-3,8-15,18-21H2. The van der Waals surface area contributed by atoms with Gasteiger partial charge in [0.1, 0.15) is 0 Å². The minimum Gasteiger partial charge on any atom is -0.454 e. The third kappa shape index (κ3) is 6.23. The number of rotatable bonds is 8. The Balaban J connectivity index is 0.864.